The van der Waals surface area contributed by atoms with Crippen molar-refractivity contribution >= 4 is 50.9 Å². The van der Waals surface area contributed by atoms with Gasteiger partial charge < -0.3 is 9.88 Å². The van der Waals surface area contributed by atoms with E-state index in [9.17, 15) is 4.79 Å². The first kappa shape index (κ1) is 18.9. The Bertz CT molecular complexity index is 960. The third-order valence-electron chi connectivity index (χ3n) is 3.69. The summed E-state index contributed by atoms with van der Waals surface area (Å²) in [6.07, 6.45) is 0. The van der Waals surface area contributed by atoms with Gasteiger partial charge in [0.2, 0.25) is 5.91 Å². The van der Waals surface area contributed by atoms with E-state index < -0.39 is 0 Å². The van der Waals surface area contributed by atoms with Gasteiger partial charge in [-0.1, -0.05) is 51.4 Å². The van der Waals surface area contributed by atoms with Crippen LogP contribution in [0.5, 0.6) is 0 Å². The minimum atomic E-state index is -0.0935. The summed E-state index contributed by atoms with van der Waals surface area (Å²) < 4.78 is 2.87. The highest BCUT2D eigenvalue weighted by molar-refractivity contribution is 9.10. The number of thioether (sulfide) groups is 1. The number of nitrogens with one attached hydrogen (secondary N) is 1. The molecule has 1 heterocycles. The number of hydrogen-bond acceptors (Lipinski definition) is 4. The van der Waals surface area contributed by atoms with E-state index in [0.29, 0.717) is 16.0 Å². The molecular weight excluding hydrogens is 436 g/mol. The van der Waals surface area contributed by atoms with Gasteiger partial charge in [0.25, 0.3) is 0 Å². The van der Waals surface area contributed by atoms with Crippen molar-refractivity contribution in [2.24, 2.45) is 7.05 Å². The van der Waals surface area contributed by atoms with Gasteiger partial charge in [0, 0.05) is 27.8 Å². The zero-order valence-corrected chi connectivity index (χ0v) is 17.3. The average molecular weight is 452 g/mol. The summed E-state index contributed by atoms with van der Waals surface area (Å²) in [6.45, 7) is 1.98. The summed E-state index contributed by atoms with van der Waals surface area (Å²) in [6, 6.07) is 13.1. The molecule has 3 aromatic rings. The van der Waals surface area contributed by atoms with Crippen LogP contribution in [0.4, 0.5) is 5.69 Å². The van der Waals surface area contributed by atoms with Gasteiger partial charge in [0.15, 0.2) is 11.0 Å². The van der Waals surface area contributed by atoms with Crippen LogP contribution in [0.15, 0.2) is 52.1 Å². The third-order valence-corrected chi connectivity index (χ3v) is 5.84. The Morgan fingerprint density at radius 1 is 1.27 bits per heavy atom. The summed E-state index contributed by atoms with van der Waals surface area (Å²) in [5, 5.41) is 12.6. The average Bonchev–Trinajstić information content (AvgIpc) is 2.97. The lowest BCUT2D eigenvalue weighted by molar-refractivity contribution is -0.113. The molecule has 0 bridgehead atoms. The Labute approximate surface area is 169 Å². The molecule has 0 aliphatic carbocycles. The van der Waals surface area contributed by atoms with Crippen LogP contribution in [-0.2, 0) is 11.8 Å². The smallest absolute Gasteiger partial charge is 0.234 e. The lowest BCUT2D eigenvalue weighted by Gasteiger charge is -2.07. The molecule has 0 saturated carbocycles. The first-order chi connectivity index (χ1) is 12.4. The SMILES string of the molecule is Cc1cc(NC(=O)CSc2nnc(-c3cccc(Cl)c3)n2C)ccc1Br. The number of carbonyl (C=O) groups is 1. The maximum atomic E-state index is 12.2. The van der Waals surface area contributed by atoms with Gasteiger partial charge in [-0.2, -0.15) is 0 Å². The van der Waals surface area contributed by atoms with Crippen molar-refractivity contribution in [2.75, 3.05) is 11.1 Å². The molecule has 5 nitrogen and oxygen atoms in total. The molecular formula is C18H16BrClN4OS. The van der Waals surface area contributed by atoms with Crippen LogP contribution in [0.25, 0.3) is 11.4 Å². The molecule has 0 aliphatic heterocycles. The molecule has 1 N–H and O–H groups in total. The molecule has 0 fully saturated rings. The van der Waals surface area contributed by atoms with E-state index >= 15 is 0 Å². The number of hydrogen-bond donors (Lipinski definition) is 1. The van der Waals surface area contributed by atoms with Crippen LogP contribution in [0, 0.1) is 6.92 Å². The molecule has 0 saturated heterocycles. The van der Waals surface area contributed by atoms with Crippen LogP contribution in [0.3, 0.4) is 0 Å². The van der Waals surface area contributed by atoms with Gasteiger partial charge in [0.1, 0.15) is 0 Å². The predicted molar refractivity (Wildman–Crippen MR) is 110 cm³/mol. The molecule has 8 heteroatoms. The Balaban J connectivity index is 1.64. The molecule has 134 valence electrons. The lowest BCUT2D eigenvalue weighted by Crippen LogP contribution is -2.14. The highest BCUT2D eigenvalue weighted by Crippen LogP contribution is 2.25. The van der Waals surface area contributed by atoms with E-state index in [1.54, 1.807) is 0 Å². The molecule has 2 aromatic carbocycles. The summed E-state index contributed by atoms with van der Waals surface area (Å²) >= 11 is 10.8. The van der Waals surface area contributed by atoms with Crippen molar-refractivity contribution in [1.82, 2.24) is 14.8 Å². The second-order valence-electron chi connectivity index (χ2n) is 5.68. The van der Waals surface area contributed by atoms with Crippen molar-refractivity contribution in [2.45, 2.75) is 12.1 Å². The Kier molecular flexibility index (Phi) is 6.01. The summed E-state index contributed by atoms with van der Waals surface area (Å²) in [5.41, 5.74) is 2.72. The highest BCUT2D eigenvalue weighted by atomic mass is 79.9. The second kappa shape index (κ2) is 8.24. The van der Waals surface area contributed by atoms with Gasteiger partial charge in [-0.25, -0.2) is 0 Å². The van der Waals surface area contributed by atoms with E-state index in [-0.39, 0.29) is 11.7 Å². The van der Waals surface area contributed by atoms with Crippen molar-refractivity contribution in [1.29, 1.82) is 0 Å². The van der Waals surface area contributed by atoms with Gasteiger partial charge in [-0.05, 0) is 42.8 Å². The number of amides is 1. The molecule has 0 unspecified atom stereocenters. The van der Waals surface area contributed by atoms with Crippen LogP contribution >= 0.6 is 39.3 Å². The predicted octanol–water partition coefficient (Wildman–Crippen LogP) is 4.94. The fourth-order valence-electron chi connectivity index (χ4n) is 2.37. The van der Waals surface area contributed by atoms with Crippen LogP contribution in [-0.4, -0.2) is 26.4 Å². The third kappa shape index (κ3) is 4.47. The van der Waals surface area contributed by atoms with Gasteiger partial charge in [-0.15, -0.1) is 10.2 Å². The van der Waals surface area contributed by atoms with Crippen molar-refractivity contribution in [3.8, 4) is 11.4 Å². The van der Waals surface area contributed by atoms with Gasteiger partial charge in [-0.3, -0.25) is 4.79 Å². The van der Waals surface area contributed by atoms with Gasteiger partial charge >= 0.3 is 0 Å². The standard InChI is InChI=1S/C18H16BrClN4OS/c1-11-8-14(6-7-15(11)19)21-16(25)10-26-18-23-22-17(24(18)2)12-4-3-5-13(20)9-12/h3-9H,10H2,1-2H3,(H,21,25). The lowest BCUT2D eigenvalue weighted by atomic mass is 10.2. The van der Waals surface area contributed by atoms with Crippen LogP contribution < -0.4 is 5.32 Å². The summed E-state index contributed by atoms with van der Waals surface area (Å²) in [5.74, 6) is 0.861. The van der Waals surface area contributed by atoms with Crippen molar-refractivity contribution in [3.05, 3.63) is 57.5 Å². The number of aromatic nitrogens is 3. The zero-order chi connectivity index (χ0) is 18.7. The summed E-state index contributed by atoms with van der Waals surface area (Å²) in [4.78, 5) is 12.2. The van der Waals surface area contributed by atoms with Gasteiger partial charge in [0.05, 0.1) is 5.75 Å². The molecule has 0 aliphatic rings. The molecule has 26 heavy (non-hydrogen) atoms. The largest absolute Gasteiger partial charge is 0.325 e. The maximum Gasteiger partial charge on any atom is 0.234 e. The van der Waals surface area contributed by atoms with Crippen LogP contribution in [0.2, 0.25) is 5.02 Å². The number of halogens is 2. The molecule has 0 radical (unpaired) electrons. The monoisotopic (exact) mass is 450 g/mol. The normalized spacial score (nSPS) is 10.8. The minimum absolute atomic E-state index is 0.0935. The topological polar surface area (TPSA) is 59.8 Å². The van der Waals surface area contributed by atoms with Crippen molar-refractivity contribution in [3.63, 3.8) is 0 Å². The number of anilines is 1. The van der Waals surface area contributed by atoms with Crippen LogP contribution in [0.1, 0.15) is 5.56 Å². The number of nitrogens with zero attached hydrogens (tertiary/aromatic N) is 3. The zero-order valence-electron chi connectivity index (χ0n) is 14.2. The Morgan fingerprint density at radius 2 is 2.08 bits per heavy atom. The molecule has 1 aromatic heterocycles. The number of rotatable bonds is 5. The second-order valence-corrected chi connectivity index (χ2v) is 7.91. The molecule has 3 rings (SSSR count). The fraction of sp³-hybridized carbons (Fsp3) is 0.167. The molecule has 0 atom stereocenters. The summed E-state index contributed by atoms with van der Waals surface area (Å²) in [7, 11) is 1.87. The highest BCUT2D eigenvalue weighted by Gasteiger charge is 2.13. The fourth-order valence-corrected chi connectivity index (χ4v) is 3.52. The minimum Gasteiger partial charge on any atom is -0.325 e. The van der Waals surface area contributed by atoms with E-state index in [4.69, 9.17) is 11.6 Å². The van der Waals surface area contributed by atoms with E-state index in [2.05, 4.69) is 31.4 Å². The number of benzene rings is 2. The van der Waals surface area contributed by atoms with E-state index in [1.807, 2.05) is 61.0 Å². The number of carbonyl (C=O) groups excluding carboxylic acids is 1. The first-order valence-electron chi connectivity index (χ1n) is 7.78. The van der Waals surface area contributed by atoms with E-state index in [0.717, 1.165) is 21.3 Å². The number of aryl methyl sites for hydroxylation is 1. The molecule has 1 amide bonds. The Hall–Kier alpha value is -1.83. The first-order valence-corrected chi connectivity index (χ1v) is 9.94. The maximum absolute atomic E-state index is 12.2. The van der Waals surface area contributed by atoms with E-state index in [1.165, 1.54) is 11.8 Å². The quantitative estimate of drug-likeness (QED) is 0.558. The Morgan fingerprint density at radius 3 is 2.81 bits per heavy atom. The molecule has 0 spiro atoms. The van der Waals surface area contributed by atoms with Crippen molar-refractivity contribution < 1.29 is 4.79 Å².